The fourth-order valence-electron chi connectivity index (χ4n) is 2.28. The molecule has 1 fully saturated rings. The average Bonchev–Trinajstić information content (AvgIpc) is 3.12. The van der Waals surface area contributed by atoms with Crippen LogP contribution in [0, 0.1) is 5.92 Å². The minimum Gasteiger partial charge on any atom is -0.360 e. The smallest absolute Gasteiger partial charge is 0.151 e. The van der Waals surface area contributed by atoms with Crippen LogP contribution in [0.25, 0.3) is 0 Å². The van der Waals surface area contributed by atoms with Gasteiger partial charge in [-0.3, -0.25) is 4.90 Å². The maximum absolute atomic E-state index is 5.48. The third-order valence-electron chi connectivity index (χ3n) is 3.72. The van der Waals surface area contributed by atoms with E-state index < -0.39 is 0 Å². The molecule has 2 rings (SSSR count). The SMILES string of the molecule is CC(C)CCN(Cc1cc(CNC(C)C)no1)C1CC1. The number of rotatable bonds is 9. The molecular weight excluding hydrogens is 250 g/mol. The summed E-state index contributed by atoms with van der Waals surface area (Å²) in [5.41, 5.74) is 1.01. The number of hydrogen-bond donors (Lipinski definition) is 1. The van der Waals surface area contributed by atoms with Crippen LogP contribution in [0.3, 0.4) is 0 Å². The predicted molar refractivity (Wildman–Crippen MR) is 81.4 cm³/mol. The van der Waals surface area contributed by atoms with E-state index in [9.17, 15) is 0 Å². The molecule has 0 bridgehead atoms. The monoisotopic (exact) mass is 279 g/mol. The summed E-state index contributed by atoms with van der Waals surface area (Å²) in [5.74, 6) is 1.76. The van der Waals surface area contributed by atoms with E-state index in [1.165, 1.54) is 25.8 Å². The lowest BCUT2D eigenvalue weighted by atomic mass is 10.1. The number of aromatic nitrogens is 1. The molecule has 0 amide bonds. The summed E-state index contributed by atoms with van der Waals surface area (Å²) in [4.78, 5) is 2.56. The van der Waals surface area contributed by atoms with E-state index in [0.717, 1.165) is 36.5 Å². The van der Waals surface area contributed by atoms with Gasteiger partial charge in [0.15, 0.2) is 5.76 Å². The first-order valence-corrected chi connectivity index (χ1v) is 7.96. The van der Waals surface area contributed by atoms with Gasteiger partial charge in [0.05, 0.1) is 12.2 Å². The van der Waals surface area contributed by atoms with E-state index in [1.807, 2.05) is 0 Å². The van der Waals surface area contributed by atoms with Gasteiger partial charge in [-0.2, -0.15) is 0 Å². The van der Waals surface area contributed by atoms with E-state index in [0.29, 0.717) is 6.04 Å². The van der Waals surface area contributed by atoms with Gasteiger partial charge in [0, 0.05) is 24.7 Å². The van der Waals surface area contributed by atoms with Crippen molar-refractivity contribution in [2.75, 3.05) is 6.54 Å². The van der Waals surface area contributed by atoms with Gasteiger partial charge < -0.3 is 9.84 Å². The van der Waals surface area contributed by atoms with Crippen LogP contribution in [0.4, 0.5) is 0 Å². The maximum Gasteiger partial charge on any atom is 0.151 e. The summed E-state index contributed by atoms with van der Waals surface area (Å²) in [6.45, 7) is 11.7. The van der Waals surface area contributed by atoms with Crippen LogP contribution < -0.4 is 5.32 Å². The molecule has 20 heavy (non-hydrogen) atoms. The van der Waals surface area contributed by atoms with E-state index in [2.05, 4.69) is 49.1 Å². The molecular formula is C16H29N3O. The Bertz CT molecular complexity index is 396. The highest BCUT2D eigenvalue weighted by atomic mass is 16.5. The van der Waals surface area contributed by atoms with Crippen LogP contribution in [-0.2, 0) is 13.1 Å². The molecule has 1 aliphatic carbocycles. The Kier molecular flexibility index (Phi) is 5.61. The van der Waals surface area contributed by atoms with E-state index >= 15 is 0 Å². The van der Waals surface area contributed by atoms with Gasteiger partial charge in [0.25, 0.3) is 0 Å². The highest BCUT2D eigenvalue weighted by Crippen LogP contribution is 2.29. The highest BCUT2D eigenvalue weighted by Gasteiger charge is 2.29. The minimum absolute atomic E-state index is 0.476. The van der Waals surface area contributed by atoms with E-state index in [4.69, 9.17) is 4.52 Å². The van der Waals surface area contributed by atoms with Crippen molar-refractivity contribution in [3.05, 3.63) is 17.5 Å². The van der Waals surface area contributed by atoms with Gasteiger partial charge in [-0.15, -0.1) is 0 Å². The molecule has 0 unspecified atom stereocenters. The summed E-state index contributed by atoms with van der Waals surface area (Å²) in [6, 6.07) is 3.35. The molecule has 1 aromatic heterocycles. The molecule has 1 heterocycles. The molecule has 1 saturated carbocycles. The Morgan fingerprint density at radius 1 is 1.35 bits per heavy atom. The topological polar surface area (TPSA) is 41.3 Å². The Morgan fingerprint density at radius 3 is 2.70 bits per heavy atom. The highest BCUT2D eigenvalue weighted by molar-refractivity contribution is 5.06. The summed E-state index contributed by atoms with van der Waals surface area (Å²) in [6.07, 6.45) is 3.94. The molecule has 1 aromatic rings. The molecule has 0 atom stereocenters. The molecule has 4 nitrogen and oxygen atoms in total. The molecule has 114 valence electrons. The minimum atomic E-state index is 0.476. The molecule has 0 radical (unpaired) electrons. The fraction of sp³-hybridized carbons (Fsp3) is 0.812. The lowest BCUT2D eigenvalue weighted by molar-refractivity contribution is 0.211. The van der Waals surface area contributed by atoms with E-state index in [1.54, 1.807) is 0 Å². The summed E-state index contributed by atoms with van der Waals surface area (Å²) in [5, 5.41) is 7.52. The zero-order valence-electron chi connectivity index (χ0n) is 13.4. The number of hydrogen-bond acceptors (Lipinski definition) is 4. The summed E-state index contributed by atoms with van der Waals surface area (Å²) < 4.78 is 5.48. The predicted octanol–water partition coefficient (Wildman–Crippen LogP) is 3.18. The van der Waals surface area contributed by atoms with Gasteiger partial charge in [-0.05, 0) is 31.7 Å². The van der Waals surface area contributed by atoms with Crippen molar-refractivity contribution in [3.8, 4) is 0 Å². The van der Waals surface area contributed by atoms with Crippen molar-refractivity contribution in [2.45, 2.75) is 72.1 Å². The average molecular weight is 279 g/mol. The Balaban J connectivity index is 1.83. The van der Waals surface area contributed by atoms with Gasteiger partial charge in [0.1, 0.15) is 0 Å². The summed E-state index contributed by atoms with van der Waals surface area (Å²) >= 11 is 0. The van der Waals surface area contributed by atoms with Crippen LogP contribution in [0.1, 0.15) is 58.4 Å². The Hall–Kier alpha value is -0.870. The first-order valence-electron chi connectivity index (χ1n) is 7.96. The molecule has 0 saturated heterocycles. The quantitative estimate of drug-likeness (QED) is 0.754. The second-order valence-electron chi connectivity index (χ2n) is 6.70. The van der Waals surface area contributed by atoms with Gasteiger partial charge in [0.2, 0.25) is 0 Å². The lowest BCUT2D eigenvalue weighted by Crippen LogP contribution is -2.27. The maximum atomic E-state index is 5.48. The van der Waals surface area contributed by atoms with Crippen LogP contribution in [0.15, 0.2) is 10.6 Å². The van der Waals surface area contributed by atoms with Gasteiger partial charge in [-0.1, -0.05) is 32.9 Å². The van der Waals surface area contributed by atoms with Crippen molar-refractivity contribution in [2.24, 2.45) is 5.92 Å². The molecule has 4 heteroatoms. The molecule has 0 aliphatic heterocycles. The normalized spacial score (nSPS) is 15.8. The molecule has 0 aromatic carbocycles. The van der Waals surface area contributed by atoms with Crippen molar-refractivity contribution >= 4 is 0 Å². The Labute approximate surface area is 122 Å². The van der Waals surface area contributed by atoms with Crippen LogP contribution >= 0.6 is 0 Å². The van der Waals surface area contributed by atoms with Crippen molar-refractivity contribution in [1.29, 1.82) is 0 Å². The van der Waals surface area contributed by atoms with Crippen molar-refractivity contribution in [1.82, 2.24) is 15.4 Å². The largest absolute Gasteiger partial charge is 0.360 e. The van der Waals surface area contributed by atoms with Gasteiger partial charge in [-0.25, -0.2) is 0 Å². The molecule has 0 spiro atoms. The summed E-state index contributed by atoms with van der Waals surface area (Å²) in [7, 11) is 0. The van der Waals surface area contributed by atoms with E-state index in [-0.39, 0.29) is 0 Å². The first-order chi connectivity index (χ1) is 9.54. The third kappa shape index (κ3) is 5.25. The molecule has 1 aliphatic rings. The fourth-order valence-corrected chi connectivity index (χ4v) is 2.28. The number of nitrogens with one attached hydrogen (secondary N) is 1. The van der Waals surface area contributed by atoms with Gasteiger partial charge >= 0.3 is 0 Å². The van der Waals surface area contributed by atoms with Crippen molar-refractivity contribution < 1.29 is 4.52 Å². The first kappa shape index (κ1) is 15.5. The standard InChI is InChI=1S/C16H29N3O/c1-12(2)7-8-19(15-5-6-15)11-16-9-14(18-20-16)10-17-13(3)4/h9,12-13,15,17H,5-8,10-11H2,1-4H3. The lowest BCUT2D eigenvalue weighted by Gasteiger charge is -2.21. The molecule has 1 N–H and O–H groups in total. The van der Waals surface area contributed by atoms with Crippen LogP contribution in [-0.4, -0.2) is 28.7 Å². The second kappa shape index (κ2) is 7.23. The van der Waals surface area contributed by atoms with Crippen molar-refractivity contribution in [3.63, 3.8) is 0 Å². The second-order valence-corrected chi connectivity index (χ2v) is 6.70. The Morgan fingerprint density at radius 2 is 2.10 bits per heavy atom. The zero-order valence-corrected chi connectivity index (χ0v) is 13.4. The van der Waals surface area contributed by atoms with Crippen LogP contribution in [0.2, 0.25) is 0 Å². The van der Waals surface area contributed by atoms with Crippen LogP contribution in [0.5, 0.6) is 0 Å². The number of nitrogens with zero attached hydrogens (tertiary/aromatic N) is 2. The third-order valence-corrected chi connectivity index (χ3v) is 3.72. The zero-order chi connectivity index (χ0) is 14.5.